The van der Waals surface area contributed by atoms with Crippen LogP contribution in [-0.4, -0.2) is 37.8 Å². The summed E-state index contributed by atoms with van der Waals surface area (Å²) in [5.74, 6) is 0.213. The van der Waals surface area contributed by atoms with Gasteiger partial charge in [0, 0.05) is 19.4 Å². The number of hydrogen-bond acceptors (Lipinski definition) is 5. The minimum Gasteiger partial charge on any atom is -0.381 e. The number of carbonyl (C=O) groups is 1. The number of rotatable bonds is 7. The van der Waals surface area contributed by atoms with Crippen LogP contribution in [0.3, 0.4) is 0 Å². The molecule has 2 fully saturated rings. The lowest BCUT2D eigenvalue weighted by atomic mass is 9.84. The minimum absolute atomic E-state index is 0.158. The fourth-order valence-electron chi connectivity index (χ4n) is 3.88. The van der Waals surface area contributed by atoms with Gasteiger partial charge in [-0.3, -0.25) is 4.79 Å². The lowest BCUT2D eigenvalue weighted by molar-refractivity contribution is -0.118. The Morgan fingerprint density at radius 2 is 1.93 bits per heavy atom. The van der Waals surface area contributed by atoms with E-state index in [4.69, 9.17) is 16.3 Å². The molecule has 1 amide bonds. The number of carbonyl (C=O) groups excluding carboxylic acids is 1. The SMILES string of the molecule is O=C(Nc1ccccn1)[C@H](CC1CCOCC1)c1ccc(S(=O)(=O)C2CC2)c(Cl)c1. The fourth-order valence-corrected chi connectivity index (χ4v) is 6.10. The molecule has 2 aromatic rings. The number of anilines is 1. The molecule has 2 aliphatic rings. The predicted molar refractivity (Wildman–Crippen MR) is 115 cm³/mol. The first-order valence-electron chi connectivity index (χ1n) is 10.3. The van der Waals surface area contributed by atoms with E-state index in [2.05, 4.69) is 10.3 Å². The van der Waals surface area contributed by atoms with Crippen molar-refractivity contribution in [3.8, 4) is 0 Å². The van der Waals surface area contributed by atoms with Gasteiger partial charge >= 0.3 is 0 Å². The molecule has 1 aromatic heterocycles. The second kappa shape index (κ2) is 9.04. The smallest absolute Gasteiger partial charge is 0.233 e. The standard InChI is InChI=1S/C22H25ClN2O4S/c23-19-14-16(4-7-20(19)30(27,28)17-5-6-17)18(13-15-8-11-29-12-9-15)22(26)25-21-3-1-2-10-24-21/h1-4,7,10,14-15,17-18H,5-6,8-9,11-13H2,(H,24,25,26)/t18-/m1/s1. The first kappa shape index (κ1) is 21.3. The van der Waals surface area contributed by atoms with E-state index in [0.29, 0.717) is 44.2 Å². The van der Waals surface area contributed by atoms with Crippen molar-refractivity contribution in [3.63, 3.8) is 0 Å². The van der Waals surface area contributed by atoms with Gasteiger partial charge in [0.1, 0.15) is 5.82 Å². The molecule has 1 aliphatic carbocycles. The molecule has 8 heteroatoms. The van der Waals surface area contributed by atoms with Gasteiger partial charge in [-0.15, -0.1) is 0 Å². The van der Waals surface area contributed by atoms with Gasteiger partial charge in [-0.2, -0.15) is 0 Å². The molecule has 1 atom stereocenters. The maximum absolute atomic E-state index is 13.2. The molecule has 0 radical (unpaired) electrons. The second-order valence-electron chi connectivity index (χ2n) is 7.98. The number of nitrogens with one attached hydrogen (secondary N) is 1. The first-order valence-corrected chi connectivity index (χ1v) is 12.2. The zero-order valence-electron chi connectivity index (χ0n) is 16.6. The average Bonchev–Trinajstić information content (AvgIpc) is 3.59. The van der Waals surface area contributed by atoms with Crippen molar-refractivity contribution in [2.24, 2.45) is 5.92 Å². The van der Waals surface area contributed by atoms with Gasteiger partial charge in [0.05, 0.1) is 21.1 Å². The van der Waals surface area contributed by atoms with Gasteiger partial charge < -0.3 is 10.1 Å². The van der Waals surface area contributed by atoms with E-state index in [-0.39, 0.29) is 21.1 Å². The van der Waals surface area contributed by atoms with Gasteiger partial charge in [0.15, 0.2) is 9.84 Å². The number of amides is 1. The summed E-state index contributed by atoms with van der Waals surface area (Å²) in [6.07, 6.45) is 5.42. The predicted octanol–water partition coefficient (Wildman–Crippen LogP) is 4.21. The normalized spacial score (nSPS) is 18.7. The topological polar surface area (TPSA) is 85.4 Å². The average molecular weight is 449 g/mol. The zero-order chi connectivity index (χ0) is 21.1. The molecule has 4 rings (SSSR count). The highest BCUT2D eigenvalue weighted by molar-refractivity contribution is 7.92. The van der Waals surface area contributed by atoms with Crippen LogP contribution >= 0.6 is 11.6 Å². The number of aromatic nitrogens is 1. The number of benzene rings is 1. The molecule has 160 valence electrons. The van der Waals surface area contributed by atoms with E-state index in [1.165, 1.54) is 0 Å². The van der Waals surface area contributed by atoms with E-state index in [1.54, 1.807) is 36.5 Å². The largest absolute Gasteiger partial charge is 0.381 e. The lowest BCUT2D eigenvalue weighted by Crippen LogP contribution is -2.26. The van der Waals surface area contributed by atoms with Crippen molar-refractivity contribution in [1.29, 1.82) is 0 Å². The highest BCUT2D eigenvalue weighted by Gasteiger charge is 2.38. The summed E-state index contributed by atoms with van der Waals surface area (Å²) in [4.78, 5) is 17.5. The number of pyridine rings is 1. The van der Waals surface area contributed by atoms with Crippen molar-refractivity contribution in [2.75, 3.05) is 18.5 Å². The van der Waals surface area contributed by atoms with Gasteiger partial charge in [0.25, 0.3) is 0 Å². The molecule has 1 aliphatic heterocycles. The van der Waals surface area contributed by atoms with Crippen LogP contribution in [0.15, 0.2) is 47.5 Å². The van der Waals surface area contributed by atoms with E-state index >= 15 is 0 Å². The third-order valence-corrected chi connectivity index (χ3v) is 8.51. The third-order valence-electron chi connectivity index (χ3n) is 5.77. The van der Waals surface area contributed by atoms with Crippen molar-refractivity contribution >= 4 is 33.2 Å². The summed E-state index contributed by atoms with van der Waals surface area (Å²) in [5, 5.41) is 2.73. The zero-order valence-corrected chi connectivity index (χ0v) is 18.2. The molecule has 0 spiro atoms. The number of halogens is 1. The first-order chi connectivity index (χ1) is 14.4. The summed E-state index contributed by atoms with van der Waals surface area (Å²) in [7, 11) is -3.39. The summed E-state index contributed by atoms with van der Waals surface area (Å²) in [5.41, 5.74) is 0.717. The molecule has 1 aromatic carbocycles. The van der Waals surface area contributed by atoms with Crippen LogP contribution in [0, 0.1) is 5.92 Å². The highest BCUT2D eigenvalue weighted by atomic mass is 35.5. The van der Waals surface area contributed by atoms with Crippen molar-refractivity contribution in [1.82, 2.24) is 4.98 Å². The van der Waals surface area contributed by atoms with E-state index in [1.807, 2.05) is 6.07 Å². The van der Waals surface area contributed by atoms with Crippen LogP contribution in [-0.2, 0) is 19.4 Å². The monoisotopic (exact) mass is 448 g/mol. The number of sulfone groups is 1. The number of hydrogen-bond donors (Lipinski definition) is 1. The Bertz CT molecular complexity index is 1000. The Hall–Kier alpha value is -1.96. The van der Waals surface area contributed by atoms with Crippen LogP contribution < -0.4 is 5.32 Å². The maximum Gasteiger partial charge on any atom is 0.233 e. The Kier molecular flexibility index (Phi) is 6.41. The summed E-state index contributed by atoms with van der Waals surface area (Å²) in [6, 6.07) is 10.2. The second-order valence-corrected chi connectivity index (χ2v) is 10.6. The Morgan fingerprint density at radius 1 is 1.17 bits per heavy atom. The molecule has 2 heterocycles. The van der Waals surface area contributed by atoms with Crippen LogP contribution in [0.2, 0.25) is 5.02 Å². The molecule has 0 unspecified atom stereocenters. The molecule has 1 saturated carbocycles. The van der Waals surface area contributed by atoms with Gasteiger partial charge in [-0.25, -0.2) is 13.4 Å². The summed E-state index contributed by atoms with van der Waals surface area (Å²) >= 11 is 6.39. The van der Waals surface area contributed by atoms with Crippen LogP contribution in [0.4, 0.5) is 5.82 Å². The van der Waals surface area contributed by atoms with Gasteiger partial charge in [0.2, 0.25) is 5.91 Å². The molecule has 30 heavy (non-hydrogen) atoms. The lowest BCUT2D eigenvalue weighted by Gasteiger charge is -2.26. The minimum atomic E-state index is -3.39. The third kappa shape index (κ3) is 4.85. The molecule has 6 nitrogen and oxygen atoms in total. The summed E-state index contributed by atoms with van der Waals surface area (Å²) in [6.45, 7) is 1.39. The fraction of sp³-hybridized carbons (Fsp3) is 0.455. The van der Waals surface area contributed by atoms with Crippen LogP contribution in [0.1, 0.15) is 43.6 Å². The Labute approximate surface area is 181 Å². The molecule has 1 N–H and O–H groups in total. The van der Waals surface area contributed by atoms with E-state index in [0.717, 1.165) is 18.4 Å². The molecule has 1 saturated heterocycles. The summed E-state index contributed by atoms with van der Waals surface area (Å²) < 4.78 is 30.7. The van der Waals surface area contributed by atoms with Crippen LogP contribution in [0.5, 0.6) is 0 Å². The molecular formula is C22H25ClN2O4S. The van der Waals surface area contributed by atoms with Crippen molar-refractivity contribution in [2.45, 2.75) is 48.2 Å². The van der Waals surface area contributed by atoms with Crippen LogP contribution in [0.25, 0.3) is 0 Å². The Morgan fingerprint density at radius 3 is 2.57 bits per heavy atom. The van der Waals surface area contributed by atoms with Crippen molar-refractivity contribution < 1.29 is 17.9 Å². The molecule has 0 bridgehead atoms. The highest BCUT2D eigenvalue weighted by Crippen LogP contribution is 2.38. The maximum atomic E-state index is 13.2. The van der Waals surface area contributed by atoms with E-state index in [9.17, 15) is 13.2 Å². The van der Waals surface area contributed by atoms with Gasteiger partial charge in [-0.1, -0.05) is 23.7 Å². The number of nitrogens with zero attached hydrogens (tertiary/aromatic N) is 1. The quantitative estimate of drug-likeness (QED) is 0.685. The Balaban J connectivity index is 1.61. The van der Waals surface area contributed by atoms with Gasteiger partial charge in [-0.05, 0) is 67.9 Å². The van der Waals surface area contributed by atoms with E-state index < -0.39 is 15.8 Å². The molecular weight excluding hydrogens is 424 g/mol. The number of ether oxygens (including phenoxy) is 1. The van der Waals surface area contributed by atoms with Crippen molar-refractivity contribution in [3.05, 3.63) is 53.2 Å².